The van der Waals surface area contributed by atoms with Crippen LogP contribution in [0.3, 0.4) is 0 Å². The molecule has 0 saturated heterocycles. The van der Waals surface area contributed by atoms with Crippen LogP contribution in [0, 0.1) is 5.82 Å². The summed E-state index contributed by atoms with van der Waals surface area (Å²) in [6.45, 7) is 5.68. The van der Waals surface area contributed by atoms with E-state index < -0.39 is 6.11 Å². The highest BCUT2D eigenvalue weighted by Gasteiger charge is 2.34. The number of allylic oxidation sites excluding steroid dienone is 1. The molecule has 4 heteroatoms. The van der Waals surface area contributed by atoms with E-state index in [0.29, 0.717) is 23.8 Å². The van der Waals surface area contributed by atoms with E-state index in [9.17, 15) is 13.2 Å². The van der Waals surface area contributed by atoms with E-state index in [4.69, 9.17) is 4.74 Å². The first kappa shape index (κ1) is 20.0. The van der Waals surface area contributed by atoms with Crippen molar-refractivity contribution in [3.05, 3.63) is 89.8 Å². The number of benzene rings is 3. The average molecular weight is 384 g/mol. The minimum Gasteiger partial charge on any atom is -0.429 e. The van der Waals surface area contributed by atoms with Crippen molar-refractivity contribution in [1.29, 1.82) is 0 Å². The van der Waals surface area contributed by atoms with Crippen LogP contribution in [-0.2, 0) is 19.0 Å². The number of hydrogen-bond donors (Lipinski definition) is 0. The lowest BCUT2D eigenvalue weighted by molar-refractivity contribution is -0.185. The minimum absolute atomic E-state index is 0.00613. The summed E-state index contributed by atoms with van der Waals surface area (Å²) in [6, 6.07) is 13.8. The van der Waals surface area contributed by atoms with Gasteiger partial charge in [0, 0.05) is 0 Å². The molecule has 0 bridgehead atoms. The Morgan fingerprint density at radius 3 is 2.39 bits per heavy atom. The number of alkyl halides is 2. The van der Waals surface area contributed by atoms with Gasteiger partial charge >= 0.3 is 6.11 Å². The number of ether oxygens (including phenoxy) is 1. The molecule has 0 fully saturated rings. The number of aryl methyl sites for hydroxylation is 2. The Kier molecular flexibility index (Phi) is 6.08. The third-order valence-electron chi connectivity index (χ3n) is 4.67. The molecule has 3 aromatic rings. The smallest absolute Gasteiger partial charge is 0.426 e. The molecular formula is C24H23F3O. The zero-order chi connectivity index (χ0) is 20.1. The molecule has 0 heterocycles. The maximum Gasteiger partial charge on any atom is 0.426 e. The normalized spacial score (nSPS) is 11.6. The van der Waals surface area contributed by atoms with Gasteiger partial charge in [0.2, 0.25) is 0 Å². The van der Waals surface area contributed by atoms with Crippen molar-refractivity contribution >= 4 is 10.8 Å². The summed E-state index contributed by atoms with van der Waals surface area (Å²) < 4.78 is 48.3. The Bertz CT molecular complexity index is 961. The van der Waals surface area contributed by atoms with E-state index in [-0.39, 0.29) is 17.1 Å². The molecule has 0 unspecified atom stereocenters. The number of halogens is 3. The second-order valence-corrected chi connectivity index (χ2v) is 6.85. The summed E-state index contributed by atoms with van der Waals surface area (Å²) in [5, 5.41) is 1.30. The molecule has 0 spiro atoms. The molecule has 0 aliphatic rings. The van der Waals surface area contributed by atoms with E-state index in [0.717, 1.165) is 23.8 Å². The van der Waals surface area contributed by atoms with E-state index in [1.807, 2.05) is 6.92 Å². The molecule has 3 aromatic carbocycles. The number of rotatable bonds is 8. The summed E-state index contributed by atoms with van der Waals surface area (Å²) in [4.78, 5) is 0. The number of hydrogen-bond acceptors (Lipinski definition) is 1. The van der Waals surface area contributed by atoms with Crippen LogP contribution in [0.25, 0.3) is 10.8 Å². The van der Waals surface area contributed by atoms with Crippen molar-refractivity contribution in [2.75, 3.05) is 0 Å². The Hall–Kier alpha value is -2.75. The van der Waals surface area contributed by atoms with E-state index >= 15 is 0 Å². The molecule has 3 rings (SSSR count). The third kappa shape index (κ3) is 4.56. The van der Waals surface area contributed by atoms with Crippen LogP contribution in [0.5, 0.6) is 5.75 Å². The van der Waals surface area contributed by atoms with E-state index in [1.54, 1.807) is 30.3 Å². The van der Waals surface area contributed by atoms with Crippen LogP contribution < -0.4 is 4.74 Å². The van der Waals surface area contributed by atoms with Crippen LogP contribution in [-0.4, -0.2) is 0 Å². The van der Waals surface area contributed by atoms with Gasteiger partial charge in [0.25, 0.3) is 0 Å². The monoisotopic (exact) mass is 384 g/mol. The summed E-state index contributed by atoms with van der Waals surface area (Å²) in [5.41, 5.74) is 1.38. The molecule has 0 radical (unpaired) electrons. The molecule has 0 N–H and O–H groups in total. The van der Waals surface area contributed by atoms with Crippen LogP contribution in [0.4, 0.5) is 13.2 Å². The molecule has 0 aliphatic heterocycles. The van der Waals surface area contributed by atoms with E-state index in [1.165, 1.54) is 30.3 Å². The van der Waals surface area contributed by atoms with Crippen molar-refractivity contribution in [2.45, 2.75) is 38.7 Å². The van der Waals surface area contributed by atoms with Crippen molar-refractivity contribution in [1.82, 2.24) is 0 Å². The Balaban J connectivity index is 1.83. The lowest BCUT2D eigenvalue weighted by Crippen LogP contribution is -2.21. The second kappa shape index (κ2) is 8.51. The fourth-order valence-electron chi connectivity index (χ4n) is 3.17. The van der Waals surface area contributed by atoms with Crippen LogP contribution in [0.15, 0.2) is 67.3 Å². The largest absolute Gasteiger partial charge is 0.429 e. The van der Waals surface area contributed by atoms with Gasteiger partial charge in [0.1, 0.15) is 11.6 Å². The number of fused-ring (bicyclic) bond motifs is 1. The molecule has 0 saturated carbocycles. The molecule has 1 nitrogen and oxygen atoms in total. The molecule has 146 valence electrons. The topological polar surface area (TPSA) is 9.23 Å². The first-order chi connectivity index (χ1) is 13.4. The second-order valence-electron chi connectivity index (χ2n) is 6.85. The minimum atomic E-state index is -3.47. The molecule has 0 atom stereocenters. The Morgan fingerprint density at radius 2 is 1.71 bits per heavy atom. The molecule has 0 amide bonds. The Labute approximate surface area is 163 Å². The van der Waals surface area contributed by atoms with Gasteiger partial charge in [-0.3, -0.25) is 0 Å². The van der Waals surface area contributed by atoms with Gasteiger partial charge in [0.05, 0.1) is 5.56 Å². The average Bonchev–Trinajstić information content (AvgIpc) is 2.67. The summed E-state index contributed by atoms with van der Waals surface area (Å²) >= 11 is 0. The predicted octanol–water partition coefficient (Wildman–Crippen LogP) is 7.18. The van der Waals surface area contributed by atoms with Gasteiger partial charge in [0.15, 0.2) is 0 Å². The predicted molar refractivity (Wildman–Crippen MR) is 107 cm³/mol. The lowest BCUT2D eigenvalue weighted by Gasteiger charge is -2.19. The van der Waals surface area contributed by atoms with Gasteiger partial charge in [-0.15, -0.1) is 6.58 Å². The highest BCUT2D eigenvalue weighted by Crippen LogP contribution is 2.33. The van der Waals surface area contributed by atoms with Crippen LogP contribution in [0.2, 0.25) is 0 Å². The maximum atomic E-state index is 14.5. The highest BCUT2D eigenvalue weighted by atomic mass is 19.3. The molecule has 0 aromatic heterocycles. The molecular weight excluding hydrogens is 361 g/mol. The maximum absolute atomic E-state index is 14.5. The van der Waals surface area contributed by atoms with Crippen molar-refractivity contribution < 1.29 is 17.9 Å². The molecule has 28 heavy (non-hydrogen) atoms. The highest BCUT2D eigenvalue weighted by molar-refractivity contribution is 5.84. The van der Waals surface area contributed by atoms with Gasteiger partial charge in [-0.1, -0.05) is 37.6 Å². The van der Waals surface area contributed by atoms with E-state index in [2.05, 4.69) is 6.58 Å². The van der Waals surface area contributed by atoms with Gasteiger partial charge in [-0.2, -0.15) is 8.78 Å². The van der Waals surface area contributed by atoms with Gasteiger partial charge in [-0.25, -0.2) is 4.39 Å². The summed E-state index contributed by atoms with van der Waals surface area (Å²) in [7, 11) is 0. The van der Waals surface area contributed by atoms with Crippen molar-refractivity contribution in [3.8, 4) is 5.75 Å². The lowest BCUT2D eigenvalue weighted by atomic mass is 10.0. The zero-order valence-electron chi connectivity index (χ0n) is 15.9. The SMILES string of the molecule is C=CCCc1cc2ccc(OC(F)(F)c3ccc(CCC)cc3)cc2cc1F. The zero-order valence-corrected chi connectivity index (χ0v) is 15.9. The fraction of sp³-hybridized carbons (Fsp3) is 0.250. The summed E-state index contributed by atoms with van der Waals surface area (Å²) in [5.74, 6) is -0.363. The van der Waals surface area contributed by atoms with Crippen molar-refractivity contribution in [3.63, 3.8) is 0 Å². The van der Waals surface area contributed by atoms with Crippen LogP contribution in [0.1, 0.15) is 36.5 Å². The van der Waals surface area contributed by atoms with Gasteiger partial charge < -0.3 is 4.74 Å². The standard InChI is InChI=1S/C24H23F3O/c1-3-5-7-19-14-18-10-13-22(15-20(18)16-23(19)25)28-24(26,27)21-11-8-17(6-4-2)9-12-21/h3,8-16H,1,4-7H2,2H3. The first-order valence-corrected chi connectivity index (χ1v) is 9.42. The summed E-state index contributed by atoms with van der Waals surface area (Å²) in [6.07, 6.45) is 1.29. The third-order valence-corrected chi connectivity index (χ3v) is 4.67. The Morgan fingerprint density at radius 1 is 0.964 bits per heavy atom. The van der Waals surface area contributed by atoms with Crippen molar-refractivity contribution in [2.24, 2.45) is 0 Å². The quantitative estimate of drug-likeness (QED) is 0.374. The van der Waals surface area contributed by atoms with Gasteiger partial charge in [-0.05, 0) is 77.6 Å². The fourth-order valence-corrected chi connectivity index (χ4v) is 3.17. The first-order valence-electron chi connectivity index (χ1n) is 9.42. The molecule has 0 aliphatic carbocycles. The van der Waals surface area contributed by atoms with Crippen LogP contribution >= 0.6 is 0 Å².